The second kappa shape index (κ2) is 8.82. The summed E-state index contributed by atoms with van der Waals surface area (Å²) in [5, 5.41) is 0.997. The highest BCUT2D eigenvalue weighted by atomic mass is 35.5. The molecule has 1 aromatic carbocycles. The molecule has 0 N–H and O–H groups in total. The lowest BCUT2D eigenvalue weighted by atomic mass is 10.2. The van der Waals surface area contributed by atoms with Crippen LogP contribution >= 0.6 is 23.2 Å². The molecule has 1 saturated heterocycles. The summed E-state index contributed by atoms with van der Waals surface area (Å²) in [6.07, 6.45) is 2.18. The number of sulfonamides is 1. The minimum Gasteiger partial charge on any atom is -0.441 e. The smallest absolute Gasteiger partial charge is 0.223 e. The van der Waals surface area contributed by atoms with Gasteiger partial charge in [-0.1, -0.05) is 23.2 Å². The third kappa shape index (κ3) is 4.86. The second-order valence-corrected chi connectivity index (χ2v) is 9.52. The zero-order valence-corrected chi connectivity index (χ0v) is 17.7. The average Bonchev–Trinajstić information content (AvgIpc) is 3.15. The molecule has 0 aliphatic carbocycles. The molecule has 0 unspecified atom stereocenters. The van der Waals surface area contributed by atoms with Crippen LogP contribution in [0.25, 0.3) is 11.3 Å². The van der Waals surface area contributed by atoms with E-state index < -0.39 is 10.0 Å². The van der Waals surface area contributed by atoms with Gasteiger partial charge in [-0.2, -0.15) is 4.31 Å². The molecule has 1 aliphatic heterocycles. The third-order valence-electron chi connectivity index (χ3n) is 4.65. The summed E-state index contributed by atoms with van der Waals surface area (Å²) in [6.45, 7) is 3.08. The first kappa shape index (κ1) is 21.1. The molecule has 10 heteroatoms. The number of aromatic nitrogens is 1. The van der Waals surface area contributed by atoms with Crippen LogP contribution in [0, 0.1) is 0 Å². The number of rotatable bonds is 6. The number of carbonyl (C=O) groups excluding carboxylic acids is 1. The van der Waals surface area contributed by atoms with Gasteiger partial charge < -0.3 is 9.32 Å². The number of nitrogens with zero attached hydrogens (tertiary/aromatic N) is 3. The largest absolute Gasteiger partial charge is 0.441 e. The van der Waals surface area contributed by atoms with Crippen LogP contribution in [0.4, 0.5) is 0 Å². The van der Waals surface area contributed by atoms with Crippen molar-refractivity contribution in [2.75, 3.05) is 31.9 Å². The molecular weight excluding hydrogens is 425 g/mol. The zero-order valence-electron chi connectivity index (χ0n) is 15.4. The molecule has 2 heterocycles. The Morgan fingerprint density at radius 2 is 1.93 bits per heavy atom. The maximum Gasteiger partial charge on any atom is 0.223 e. The van der Waals surface area contributed by atoms with Gasteiger partial charge in [0, 0.05) is 49.6 Å². The van der Waals surface area contributed by atoms with Crippen molar-refractivity contribution in [2.45, 2.75) is 19.8 Å². The molecule has 28 heavy (non-hydrogen) atoms. The number of hydrogen-bond acceptors (Lipinski definition) is 5. The number of oxazole rings is 1. The fourth-order valence-electron chi connectivity index (χ4n) is 3.01. The van der Waals surface area contributed by atoms with E-state index in [9.17, 15) is 13.2 Å². The summed E-state index contributed by atoms with van der Waals surface area (Å²) in [6, 6.07) is 5.10. The Morgan fingerprint density at radius 3 is 2.57 bits per heavy atom. The molecule has 7 nitrogen and oxygen atoms in total. The molecular formula is C18H21Cl2N3O4S. The van der Waals surface area contributed by atoms with Crippen molar-refractivity contribution in [3.63, 3.8) is 0 Å². The number of aryl methyl sites for hydroxylation is 1. The lowest BCUT2D eigenvalue weighted by Crippen LogP contribution is -2.50. The topological polar surface area (TPSA) is 83.7 Å². The quantitative estimate of drug-likeness (QED) is 0.681. The number of carbonyl (C=O) groups is 1. The molecule has 2 aromatic rings. The van der Waals surface area contributed by atoms with Gasteiger partial charge in [-0.3, -0.25) is 4.79 Å². The first-order valence-corrected chi connectivity index (χ1v) is 11.3. The van der Waals surface area contributed by atoms with Crippen molar-refractivity contribution < 1.29 is 17.6 Å². The molecule has 1 aliphatic rings. The standard InChI is InChI=1S/C18H21Cl2N3O4S/c1-2-28(25,26)23-9-7-22(8-10-23)18(24)6-5-17-21-12-16(27-17)14-4-3-13(19)11-15(14)20/h3-4,11-12H,2,5-10H2,1H3. The van der Waals surface area contributed by atoms with Crippen molar-refractivity contribution in [2.24, 2.45) is 0 Å². The molecule has 1 fully saturated rings. The molecule has 0 saturated carbocycles. The summed E-state index contributed by atoms with van der Waals surface area (Å²) >= 11 is 12.1. The molecule has 0 atom stereocenters. The fourth-order valence-corrected chi connectivity index (χ4v) is 4.60. The van der Waals surface area contributed by atoms with Crippen molar-refractivity contribution in [1.82, 2.24) is 14.2 Å². The Bertz CT molecular complexity index is 953. The first-order valence-electron chi connectivity index (χ1n) is 8.96. The van der Waals surface area contributed by atoms with E-state index in [2.05, 4.69) is 4.98 Å². The Hall–Kier alpha value is -1.61. The first-order chi connectivity index (χ1) is 13.3. The molecule has 0 radical (unpaired) electrons. The number of amides is 1. The van der Waals surface area contributed by atoms with Gasteiger partial charge in [0.25, 0.3) is 0 Å². The molecule has 152 valence electrons. The Morgan fingerprint density at radius 1 is 1.21 bits per heavy atom. The number of hydrogen-bond donors (Lipinski definition) is 0. The second-order valence-electron chi connectivity index (χ2n) is 6.42. The van der Waals surface area contributed by atoms with Crippen LogP contribution in [0.1, 0.15) is 19.2 Å². The van der Waals surface area contributed by atoms with Crippen LogP contribution in [0.2, 0.25) is 10.0 Å². The van der Waals surface area contributed by atoms with E-state index >= 15 is 0 Å². The Balaban J connectivity index is 1.54. The summed E-state index contributed by atoms with van der Waals surface area (Å²) in [5.74, 6) is 0.993. The van der Waals surface area contributed by atoms with Crippen LogP contribution in [0.3, 0.4) is 0 Å². The highest BCUT2D eigenvalue weighted by Crippen LogP contribution is 2.30. The van der Waals surface area contributed by atoms with E-state index in [1.54, 1.807) is 36.2 Å². The number of halogens is 2. The predicted octanol–water partition coefficient (Wildman–Crippen LogP) is 3.07. The van der Waals surface area contributed by atoms with Crippen LogP contribution in [0.15, 0.2) is 28.8 Å². The normalized spacial score (nSPS) is 15.8. The van der Waals surface area contributed by atoms with Crippen molar-refractivity contribution in [3.8, 4) is 11.3 Å². The van der Waals surface area contributed by atoms with Gasteiger partial charge in [0.1, 0.15) is 0 Å². The van der Waals surface area contributed by atoms with E-state index in [0.29, 0.717) is 59.9 Å². The molecule has 0 spiro atoms. The molecule has 1 amide bonds. The Labute approximate surface area is 174 Å². The minimum absolute atomic E-state index is 0.0437. The maximum atomic E-state index is 12.4. The van der Waals surface area contributed by atoms with Gasteiger partial charge in [-0.15, -0.1) is 0 Å². The van der Waals surface area contributed by atoms with Crippen LogP contribution < -0.4 is 0 Å². The van der Waals surface area contributed by atoms with Crippen molar-refractivity contribution in [1.29, 1.82) is 0 Å². The highest BCUT2D eigenvalue weighted by molar-refractivity contribution is 7.89. The van der Waals surface area contributed by atoms with Gasteiger partial charge in [0.15, 0.2) is 11.7 Å². The summed E-state index contributed by atoms with van der Waals surface area (Å²) < 4.78 is 30.9. The van der Waals surface area contributed by atoms with E-state index in [-0.39, 0.29) is 18.1 Å². The van der Waals surface area contributed by atoms with Crippen LogP contribution in [-0.2, 0) is 21.2 Å². The van der Waals surface area contributed by atoms with Crippen molar-refractivity contribution in [3.05, 3.63) is 40.3 Å². The molecule has 1 aromatic heterocycles. The van der Waals surface area contributed by atoms with Gasteiger partial charge >= 0.3 is 0 Å². The van der Waals surface area contributed by atoms with E-state index in [1.807, 2.05) is 0 Å². The zero-order chi connectivity index (χ0) is 20.3. The van der Waals surface area contributed by atoms with Gasteiger partial charge in [0.05, 0.1) is 17.0 Å². The average molecular weight is 446 g/mol. The number of benzene rings is 1. The summed E-state index contributed by atoms with van der Waals surface area (Å²) in [5.41, 5.74) is 0.685. The summed E-state index contributed by atoms with van der Waals surface area (Å²) in [4.78, 5) is 18.3. The van der Waals surface area contributed by atoms with E-state index in [1.165, 1.54) is 4.31 Å². The van der Waals surface area contributed by atoms with E-state index in [4.69, 9.17) is 27.6 Å². The van der Waals surface area contributed by atoms with E-state index in [0.717, 1.165) is 0 Å². The monoisotopic (exact) mass is 445 g/mol. The maximum absolute atomic E-state index is 12.4. The summed E-state index contributed by atoms with van der Waals surface area (Å²) in [7, 11) is -3.20. The molecule has 3 rings (SSSR count). The van der Waals surface area contributed by atoms with Crippen LogP contribution in [-0.4, -0.2) is 60.4 Å². The minimum atomic E-state index is -3.20. The SMILES string of the molecule is CCS(=O)(=O)N1CCN(C(=O)CCc2ncc(-c3ccc(Cl)cc3Cl)o2)CC1. The van der Waals surface area contributed by atoms with Crippen molar-refractivity contribution >= 4 is 39.1 Å². The fraction of sp³-hybridized carbons (Fsp3) is 0.444. The van der Waals surface area contributed by atoms with Gasteiger partial charge in [-0.05, 0) is 25.1 Å². The Kier molecular flexibility index (Phi) is 6.65. The van der Waals surface area contributed by atoms with Crippen LogP contribution in [0.5, 0.6) is 0 Å². The van der Waals surface area contributed by atoms with Gasteiger partial charge in [0.2, 0.25) is 15.9 Å². The lowest BCUT2D eigenvalue weighted by molar-refractivity contribution is -0.132. The lowest BCUT2D eigenvalue weighted by Gasteiger charge is -2.33. The molecule has 0 bridgehead atoms. The predicted molar refractivity (Wildman–Crippen MR) is 108 cm³/mol. The van der Waals surface area contributed by atoms with Gasteiger partial charge in [-0.25, -0.2) is 13.4 Å². The number of piperazine rings is 1. The third-order valence-corrected chi connectivity index (χ3v) is 7.08. The highest BCUT2D eigenvalue weighted by Gasteiger charge is 2.27.